The summed E-state index contributed by atoms with van der Waals surface area (Å²) in [5, 5.41) is 13.9. The molecule has 0 amide bonds. The van der Waals surface area contributed by atoms with E-state index in [4.69, 9.17) is 9.84 Å². The number of nitrogens with one attached hydrogen (secondary N) is 2. The first-order valence-corrected chi connectivity index (χ1v) is 9.98. The van der Waals surface area contributed by atoms with Gasteiger partial charge in [0.1, 0.15) is 5.75 Å². The molecule has 0 fully saturated rings. The molecule has 3 aromatic carbocycles. The van der Waals surface area contributed by atoms with E-state index in [-0.39, 0.29) is 12.6 Å². The second-order valence-electron chi connectivity index (χ2n) is 7.15. The van der Waals surface area contributed by atoms with Crippen molar-refractivity contribution in [1.82, 2.24) is 4.98 Å². The number of fused-ring (bicyclic) bond motifs is 1. The lowest BCUT2D eigenvalue weighted by atomic mass is 9.95. The summed E-state index contributed by atoms with van der Waals surface area (Å²) < 4.78 is 5.70. The molecule has 0 radical (unpaired) electrons. The Morgan fingerprint density at radius 3 is 2.41 bits per heavy atom. The van der Waals surface area contributed by atoms with Crippen LogP contribution in [-0.2, 0) is 0 Å². The number of benzene rings is 3. The molecule has 0 aliphatic rings. The molecular formula is C25H26N2O2. The number of aliphatic hydroxyl groups excluding tert-OH is 1. The maximum absolute atomic E-state index is 8.93. The van der Waals surface area contributed by atoms with Gasteiger partial charge in [-0.25, -0.2) is 0 Å². The topological polar surface area (TPSA) is 57.3 Å². The Kier molecular flexibility index (Phi) is 5.82. The van der Waals surface area contributed by atoms with Crippen molar-refractivity contribution >= 4 is 16.6 Å². The molecule has 148 valence electrons. The molecule has 4 heteroatoms. The number of rotatable bonds is 8. The minimum absolute atomic E-state index is 0.0000387. The Labute approximate surface area is 171 Å². The summed E-state index contributed by atoms with van der Waals surface area (Å²) in [5.74, 6) is 0.816. The number of aromatic amines is 1. The van der Waals surface area contributed by atoms with Crippen molar-refractivity contribution in [2.45, 2.75) is 19.4 Å². The van der Waals surface area contributed by atoms with E-state index in [9.17, 15) is 0 Å². The minimum atomic E-state index is 0.0000387. The number of H-pyrrole nitrogens is 1. The summed E-state index contributed by atoms with van der Waals surface area (Å²) in [4.78, 5) is 3.52. The van der Waals surface area contributed by atoms with Crippen molar-refractivity contribution in [3.8, 4) is 5.75 Å². The van der Waals surface area contributed by atoms with Crippen LogP contribution >= 0.6 is 0 Å². The Bertz CT molecular complexity index is 1060. The molecule has 1 unspecified atom stereocenters. The summed E-state index contributed by atoms with van der Waals surface area (Å²) >= 11 is 0. The molecular weight excluding hydrogens is 360 g/mol. The molecule has 0 aliphatic heterocycles. The van der Waals surface area contributed by atoms with Crippen molar-refractivity contribution in [2.75, 3.05) is 18.5 Å². The van der Waals surface area contributed by atoms with Gasteiger partial charge in [0, 0.05) is 40.9 Å². The summed E-state index contributed by atoms with van der Waals surface area (Å²) in [5.41, 5.74) is 5.78. The van der Waals surface area contributed by atoms with E-state index in [1.54, 1.807) is 0 Å². The highest BCUT2D eigenvalue weighted by Crippen LogP contribution is 2.35. The van der Waals surface area contributed by atoms with Crippen molar-refractivity contribution in [3.05, 3.63) is 95.7 Å². The lowest BCUT2D eigenvalue weighted by Gasteiger charge is -2.22. The highest BCUT2D eigenvalue weighted by Gasteiger charge is 2.21. The highest BCUT2D eigenvalue weighted by atomic mass is 16.5. The number of aliphatic hydroxyl groups is 1. The zero-order valence-electron chi connectivity index (χ0n) is 16.6. The second kappa shape index (κ2) is 8.84. The van der Waals surface area contributed by atoms with E-state index in [1.165, 1.54) is 10.9 Å². The molecule has 1 heterocycles. The molecule has 0 spiro atoms. The van der Waals surface area contributed by atoms with Crippen molar-refractivity contribution in [1.29, 1.82) is 0 Å². The molecule has 1 aromatic heterocycles. The average Bonchev–Trinajstić information content (AvgIpc) is 3.09. The molecule has 4 nitrogen and oxygen atoms in total. The van der Waals surface area contributed by atoms with Crippen molar-refractivity contribution < 1.29 is 9.84 Å². The maximum atomic E-state index is 8.93. The molecule has 1 atom stereocenters. The number of ether oxygens (including phenoxy) is 1. The molecule has 4 rings (SSSR count). The van der Waals surface area contributed by atoms with Gasteiger partial charge in [0.25, 0.3) is 0 Å². The maximum Gasteiger partial charge on any atom is 0.119 e. The first-order valence-electron chi connectivity index (χ1n) is 9.98. The number of hydrogen-bond acceptors (Lipinski definition) is 3. The number of aromatic nitrogens is 1. The van der Waals surface area contributed by atoms with Crippen LogP contribution in [0.15, 0.2) is 78.9 Å². The monoisotopic (exact) mass is 386 g/mol. The van der Waals surface area contributed by atoms with Crippen LogP contribution in [0.4, 0.5) is 5.69 Å². The predicted octanol–water partition coefficient (Wildman–Crippen LogP) is 5.44. The highest BCUT2D eigenvalue weighted by molar-refractivity contribution is 5.86. The van der Waals surface area contributed by atoms with Gasteiger partial charge >= 0.3 is 0 Å². The largest absolute Gasteiger partial charge is 0.494 e. The fourth-order valence-electron chi connectivity index (χ4n) is 3.70. The molecule has 4 aromatic rings. The van der Waals surface area contributed by atoms with E-state index in [0.29, 0.717) is 13.0 Å². The van der Waals surface area contributed by atoms with Crippen LogP contribution < -0.4 is 10.1 Å². The molecule has 0 bridgehead atoms. The molecule has 0 saturated carbocycles. The SMILES string of the molecule is Cc1[nH]c2ccccc2c1C(Nc1ccccc1)c1ccc(OCCCO)cc1. The summed E-state index contributed by atoms with van der Waals surface area (Å²) in [6.07, 6.45) is 0.633. The van der Waals surface area contributed by atoms with E-state index >= 15 is 0 Å². The van der Waals surface area contributed by atoms with Gasteiger partial charge in [-0.15, -0.1) is 0 Å². The molecule has 3 N–H and O–H groups in total. The van der Waals surface area contributed by atoms with Gasteiger partial charge in [0.2, 0.25) is 0 Å². The molecule has 0 saturated heterocycles. The Balaban J connectivity index is 1.72. The third-order valence-corrected chi connectivity index (χ3v) is 5.10. The van der Waals surface area contributed by atoms with Gasteiger partial charge in [-0.05, 0) is 42.8 Å². The fraction of sp³-hybridized carbons (Fsp3) is 0.200. The van der Waals surface area contributed by atoms with Crippen LogP contribution in [0, 0.1) is 6.92 Å². The van der Waals surface area contributed by atoms with Crippen molar-refractivity contribution in [3.63, 3.8) is 0 Å². The minimum Gasteiger partial charge on any atom is -0.494 e. The Hall–Kier alpha value is -3.24. The van der Waals surface area contributed by atoms with Gasteiger partial charge in [-0.3, -0.25) is 0 Å². The normalized spacial score (nSPS) is 12.1. The van der Waals surface area contributed by atoms with Crippen LogP contribution in [0.1, 0.15) is 29.3 Å². The smallest absolute Gasteiger partial charge is 0.119 e. The van der Waals surface area contributed by atoms with Crippen LogP contribution in [0.2, 0.25) is 0 Å². The van der Waals surface area contributed by atoms with Crippen LogP contribution in [0.25, 0.3) is 10.9 Å². The Morgan fingerprint density at radius 2 is 1.66 bits per heavy atom. The quantitative estimate of drug-likeness (QED) is 0.354. The van der Waals surface area contributed by atoms with E-state index in [2.05, 4.69) is 65.8 Å². The first kappa shape index (κ1) is 19.1. The van der Waals surface area contributed by atoms with E-state index in [1.807, 2.05) is 30.3 Å². The summed E-state index contributed by atoms with van der Waals surface area (Å²) in [7, 11) is 0. The lowest BCUT2D eigenvalue weighted by molar-refractivity contribution is 0.233. The van der Waals surface area contributed by atoms with Crippen LogP contribution in [-0.4, -0.2) is 23.3 Å². The third-order valence-electron chi connectivity index (χ3n) is 5.10. The fourth-order valence-corrected chi connectivity index (χ4v) is 3.70. The average molecular weight is 386 g/mol. The summed E-state index contributed by atoms with van der Waals surface area (Å²) in [6.45, 7) is 2.78. The van der Waals surface area contributed by atoms with E-state index < -0.39 is 0 Å². The van der Waals surface area contributed by atoms with Gasteiger partial charge in [0.05, 0.1) is 12.6 Å². The standard InChI is InChI=1S/C25H26N2O2/c1-18-24(22-10-5-6-11-23(22)26-18)25(27-20-8-3-2-4-9-20)19-12-14-21(15-13-19)29-17-7-16-28/h2-6,8-15,25-28H,7,16-17H2,1H3. The van der Waals surface area contributed by atoms with Gasteiger partial charge in [-0.2, -0.15) is 0 Å². The van der Waals surface area contributed by atoms with Gasteiger partial charge in [0.15, 0.2) is 0 Å². The zero-order chi connectivity index (χ0) is 20.1. The predicted molar refractivity (Wildman–Crippen MR) is 119 cm³/mol. The van der Waals surface area contributed by atoms with Crippen molar-refractivity contribution in [2.24, 2.45) is 0 Å². The van der Waals surface area contributed by atoms with Gasteiger partial charge < -0.3 is 20.1 Å². The lowest BCUT2D eigenvalue weighted by Crippen LogP contribution is -2.13. The molecule has 29 heavy (non-hydrogen) atoms. The number of aryl methyl sites for hydroxylation is 1. The first-order chi connectivity index (χ1) is 14.3. The molecule has 0 aliphatic carbocycles. The number of anilines is 1. The number of para-hydroxylation sites is 2. The number of hydrogen-bond donors (Lipinski definition) is 3. The third kappa shape index (κ3) is 4.28. The second-order valence-corrected chi connectivity index (χ2v) is 7.15. The zero-order valence-corrected chi connectivity index (χ0v) is 16.6. The van der Waals surface area contributed by atoms with Gasteiger partial charge in [-0.1, -0.05) is 48.5 Å². The Morgan fingerprint density at radius 1 is 0.931 bits per heavy atom. The van der Waals surface area contributed by atoms with Crippen LogP contribution in [0.3, 0.4) is 0 Å². The van der Waals surface area contributed by atoms with Crippen LogP contribution in [0.5, 0.6) is 5.75 Å². The van der Waals surface area contributed by atoms with E-state index in [0.717, 1.165) is 28.2 Å². The summed E-state index contributed by atoms with van der Waals surface area (Å²) in [6, 6.07) is 26.9.